The van der Waals surface area contributed by atoms with Gasteiger partial charge in [0.25, 0.3) is 5.91 Å². The average molecular weight is 723 g/mol. The molecule has 1 aromatic carbocycles. The third kappa shape index (κ3) is 13.0. The molecular formula is C40H59ClN6O4. The first kappa shape index (κ1) is 41.6. The number of amides is 1. The van der Waals surface area contributed by atoms with E-state index in [2.05, 4.69) is 33.8 Å². The number of nitrogens with zero attached hydrogens (tertiary/aromatic N) is 5. The lowest BCUT2D eigenvalue weighted by atomic mass is 9.86. The number of imidazole rings is 1. The second-order valence-electron chi connectivity index (χ2n) is 14.3. The predicted octanol–water partition coefficient (Wildman–Crippen LogP) is 9.93. The minimum Gasteiger partial charge on any atom is -0.462 e. The molecule has 2 heterocycles. The summed E-state index contributed by atoms with van der Waals surface area (Å²) in [6.45, 7) is 14.8. The molecule has 0 spiro atoms. The summed E-state index contributed by atoms with van der Waals surface area (Å²) in [5.74, 6) is -1.05. The van der Waals surface area contributed by atoms with Crippen molar-refractivity contribution in [2.45, 2.75) is 131 Å². The number of carbonyl (C=O) groups excluding carboxylic acids is 3. The number of fused-ring (bicyclic) bond motifs is 1. The maximum absolute atomic E-state index is 14.0. The first-order valence-electron chi connectivity index (χ1n) is 18.9. The third-order valence-corrected chi connectivity index (χ3v) is 9.35. The van der Waals surface area contributed by atoms with E-state index in [0.29, 0.717) is 36.8 Å². The molecule has 51 heavy (non-hydrogen) atoms. The van der Waals surface area contributed by atoms with E-state index in [1.54, 1.807) is 39.1 Å². The summed E-state index contributed by atoms with van der Waals surface area (Å²) in [5, 5.41) is 3.01. The molecule has 0 aliphatic carbocycles. The van der Waals surface area contributed by atoms with Crippen LogP contribution in [0.1, 0.15) is 141 Å². The van der Waals surface area contributed by atoms with Crippen molar-refractivity contribution in [3.8, 4) is 0 Å². The summed E-state index contributed by atoms with van der Waals surface area (Å²) in [6, 6.07) is 3.26. The Morgan fingerprint density at radius 1 is 0.941 bits per heavy atom. The summed E-state index contributed by atoms with van der Waals surface area (Å²) in [7, 11) is 0. The largest absolute Gasteiger partial charge is 0.462 e. The molecule has 3 aromatic rings. The molecule has 0 fully saturated rings. The molecule has 0 aliphatic heterocycles. The number of hydrogen-bond acceptors (Lipinski definition) is 8. The second-order valence-corrected chi connectivity index (χ2v) is 14.7. The molecular weight excluding hydrogens is 664 g/mol. The summed E-state index contributed by atoms with van der Waals surface area (Å²) in [5.41, 5.74) is 0.352. The number of hydrogen-bond donors (Lipinski definition) is 1. The zero-order valence-corrected chi connectivity index (χ0v) is 32.3. The third-order valence-electron chi connectivity index (χ3n) is 9.02. The molecule has 0 saturated carbocycles. The van der Waals surface area contributed by atoms with Crippen molar-refractivity contribution < 1.29 is 19.1 Å². The van der Waals surface area contributed by atoms with Crippen molar-refractivity contribution in [1.29, 1.82) is 0 Å². The molecule has 1 unspecified atom stereocenters. The van der Waals surface area contributed by atoms with Crippen LogP contribution in [0.25, 0.3) is 11.2 Å². The number of anilines is 2. The average Bonchev–Trinajstić information content (AvgIpc) is 3.52. The fourth-order valence-electron chi connectivity index (χ4n) is 5.94. The standard InChI is InChI=1S/C40H59ClN6O4/c1-7-10-11-12-13-14-15-16-17-18-19-20-21-22-26-51-38(50)30-23-24-31(41)32(27-30)44-37(49)34(35(48)40(4,5)6)47-29-43-33-28-42-39(45-36(33)47)46(9-3)25-8-2/h8,23-24,27-29,34H,2,7,9-22,25-26H2,1,3-6H3,(H,44,49). The quantitative estimate of drug-likeness (QED) is 0.0420. The highest BCUT2D eigenvalue weighted by atomic mass is 35.5. The summed E-state index contributed by atoms with van der Waals surface area (Å²) in [4.78, 5) is 56.1. The normalized spacial score (nSPS) is 12.1. The number of ketones is 1. The van der Waals surface area contributed by atoms with Gasteiger partial charge in [0.15, 0.2) is 17.5 Å². The van der Waals surface area contributed by atoms with Gasteiger partial charge < -0.3 is 15.0 Å². The molecule has 1 N–H and O–H groups in total. The van der Waals surface area contributed by atoms with E-state index in [-0.39, 0.29) is 22.1 Å². The van der Waals surface area contributed by atoms with Gasteiger partial charge >= 0.3 is 5.97 Å². The number of nitrogens with one attached hydrogen (secondary N) is 1. The Bertz CT molecular complexity index is 1570. The first-order valence-corrected chi connectivity index (χ1v) is 19.3. The minimum atomic E-state index is -1.32. The number of halogens is 1. The SMILES string of the molecule is C=CCN(CC)c1ncc2ncn(C(C(=O)Nc3cc(C(=O)OCCCCCCCCCCCCCCCC)ccc3Cl)C(=O)C(C)(C)C)c2n1. The van der Waals surface area contributed by atoms with Gasteiger partial charge in [-0.25, -0.2) is 14.8 Å². The molecule has 1 amide bonds. The number of carbonyl (C=O) groups is 3. The zero-order chi connectivity index (χ0) is 37.2. The van der Waals surface area contributed by atoms with Crippen molar-refractivity contribution in [1.82, 2.24) is 19.5 Å². The maximum atomic E-state index is 14.0. The van der Waals surface area contributed by atoms with Crippen molar-refractivity contribution >= 4 is 52.1 Å². The van der Waals surface area contributed by atoms with Crippen LogP contribution in [-0.4, -0.2) is 56.9 Å². The Kier molecular flexibility index (Phi) is 17.6. The van der Waals surface area contributed by atoms with E-state index >= 15 is 0 Å². The van der Waals surface area contributed by atoms with Crippen LogP contribution in [-0.2, 0) is 14.3 Å². The van der Waals surface area contributed by atoms with Crippen LogP contribution in [0.15, 0.2) is 43.4 Å². The monoisotopic (exact) mass is 722 g/mol. The lowest BCUT2D eigenvalue weighted by Crippen LogP contribution is -2.38. The van der Waals surface area contributed by atoms with Gasteiger partial charge in [0.1, 0.15) is 5.52 Å². The Hall–Kier alpha value is -3.79. The van der Waals surface area contributed by atoms with E-state index in [4.69, 9.17) is 16.3 Å². The summed E-state index contributed by atoms with van der Waals surface area (Å²) in [6.07, 6.45) is 22.3. The zero-order valence-electron chi connectivity index (χ0n) is 31.5. The predicted molar refractivity (Wildman–Crippen MR) is 208 cm³/mol. The van der Waals surface area contributed by atoms with Crippen LogP contribution >= 0.6 is 11.6 Å². The molecule has 2 aromatic heterocycles. The topological polar surface area (TPSA) is 119 Å². The Labute approximate surface area is 309 Å². The second kappa shape index (κ2) is 21.5. The van der Waals surface area contributed by atoms with Crippen molar-refractivity contribution in [2.24, 2.45) is 5.41 Å². The Morgan fingerprint density at radius 2 is 1.55 bits per heavy atom. The molecule has 0 bridgehead atoms. The van der Waals surface area contributed by atoms with Crippen molar-refractivity contribution in [3.05, 3.63) is 54.0 Å². The van der Waals surface area contributed by atoms with Crippen LogP contribution < -0.4 is 10.2 Å². The van der Waals surface area contributed by atoms with E-state index in [0.717, 1.165) is 19.3 Å². The number of benzene rings is 1. The molecule has 1 atom stereocenters. The Morgan fingerprint density at radius 3 is 2.12 bits per heavy atom. The van der Waals surface area contributed by atoms with E-state index in [9.17, 15) is 14.4 Å². The van der Waals surface area contributed by atoms with Crippen molar-refractivity contribution in [3.63, 3.8) is 0 Å². The molecule has 11 heteroatoms. The van der Waals surface area contributed by atoms with Gasteiger partial charge in [-0.3, -0.25) is 14.2 Å². The van der Waals surface area contributed by atoms with E-state index < -0.39 is 23.3 Å². The number of ether oxygens (including phenoxy) is 1. The number of aromatic nitrogens is 4. The number of likely N-dealkylation sites (N-methyl/N-ethyl adjacent to an activating group) is 1. The number of esters is 1. The highest BCUT2D eigenvalue weighted by Crippen LogP contribution is 2.30. The van der Waals surface area contributed by atoms with Crippen LogP contribution in [0.4, 0.5) is 11.6 Å². The molecule has 3 rings (SSSR count). The highest BCUT2D eigenvalue weighted by Gasteiger charge is 2.37. The van der Waals surface area contributed by atoms with Gasteiger partial charge in [-0.2, -0.15) is 4.98 Å². The number of unbranched alkanes of at least 4 members (excludes halogenated alkanes) is 13. The molecule has 10 nitrogen and oxygen atoms in total. The maximum Gasteiger partial charge on any atom is 0.338 e. The Balaban J connectivity index is 1.57. The van der Waals surface area contributed by atoms with Gasteiger partial charge in [0, 0.05) is 18.5 Å². The van der Waals surface area contributed by atoms with Gasteiger partial charge in [-0.05, 0) is 31.5 Å². The fourth-order valence-corrected chi connectivity index (χ4v) is 6.11. The van der Waals surface area contributed by atoms with Crippen LogP contribution in [0.5, 0.6) is 0 Å². The van der Waals surface area contributed by atoms with Crippen molar-refractivity contribution in [2.75, 3.05) is 29.9 Å². The molecule has 0 radical (unpaired) electrons. The molecule has 280 valence electrons. The molecule has 0 aliphatic rings. The highest BCUT2D eigenvalue weighted by molar-refractivity contribution is 6.34. The molecule has 0 saturated heterocycles. The smallest absolute Gasteiger partial charge is 0.338 e. The van der Waals surface area contributed by atoms with E-state index in [1.807, 2.05) is 11.8 Å². The van der Waals surface area contributed by atoms with Gasteiger partial charge in [0.05, 0.1) is 35.4 Å². The number of rotatable bonds is 24. The van der Waals surface area contributed by atoms with Crippen LogP contribution in [0, 0.1) is 5.41 Å². The number of Topliss-reactive ketones (excluding diaryl/α,β-unsaturated/α-hetero) is 1. The van der Waals surface area contributed by atoms with Gasteiger partial charge in [0.2, 0.25) is 5.95 Å². The summed E-state index contributed by atoms with van der Waals surface area (Å²) >= 11 is 6.48. The first-order chi connectivity index (χ1) is 24.5. The minimum absolute atomic E-state index is 0.196. The van der Waals surface area contributed by atoms with E-state index in [1.165, 1.54) is 93.7 Å². The van der Waals surface area contributed by atoms with Crippen LogP contribution in [0.3, 0.4) is 0 Å². The lowest BCUT2D eigenvalue weighted by Gasteiger charge is -2.25. The summed E-state index contributed by atoms with van der Waals surface area (Å²) < 4.78 is 7.01. The fraction of sp³-hybridized carbons (Fsp3) is 0.600. The lowest BCUT2D eigenvalue weighted by molar-refractivity contribution is -0.135. The van der Waals surface area contributed by atoms with Gasteiger partial charge in [-0.15, -0.1) is 6.58 Å². The van der Waals surface area contributed by atoms with Crippen LogP contribution in [0.2, 0.25) is 5.02 Å². The van der Waals surface area contributed by atoms with Gasteiger partial charge in [-0.1, -0.05) is 129 Å².